The highest BCUT2D eigenvalue weighted by atomic mass is 16.5. The summed E-state index contributed by atoms with van der Waals surface area (Å²) in [7, 11) is 0. The van der Waals surface area contributed by atoms with E-state index in [0.29, 0.717) is 35.9 Å². The zero-order valence-corrected chi connectivity index (χ0v) is 12.5. The van der Waals surface area contributed by atoms with Gasteiger partial charge in [0.05, 0.1) is 11.1 Å². The lowest BCUT2D eigenvalue weighted by molar-refractivity contribution is 0.0955. The zero-order valence-electron chi connectivity index (χ0n) is 12.5. The first-order valence-corrected chi connectivity index (χ1v) is 6.85. The fourth-order valence-electron chi connectivity index (χ4n) is 1.79. The Balaban J connectivity index is 2.36. The zero-order chi connectivity index (χ0) is 15.5. The summed E-state index contributed by atoms with van der Waals surface area (Å²) in [6, 6.07) is 7.14. The van der Waals surface area contributed by atoms with Gasteiger partial charge in [-0.2, -0.15) is 4.98 Å². The number of benzene rings is 1. The van der Waals surface area contributed by atoms with Gasteiger partial charge in [-0.1, -0.05) is 38.1 Å². The predicted molar refractivity (Wildman–Crippen MR) is 79.8 cm³/mol. The second-order valence-corrected chi connectivity index (χ2v) is 5.76. The van der Waals surface area contributed by atoms with Gasteiger partial charge in [0.15, 0.2) is 5.82 Å². The average molecular weight is 288 g/mol. The van der Waals surface area contributed by atoms with Gasteiger partial charge >= 0.3 is 0 Å². The third-order valence-corrected chi connectivity index (χ3v) is 2.93. The van der Waals surface area contributed by atoms with Gasteiger partial charge in [0.2, 0.25) is 0 Å². The number of carbonyl (C=O) groups excluding carboxylic acids is 1. The van der Waals surface area contributed by atoms with Crippen LogP contribution in [0.4, 0.5) is 0 Å². The number of aromatic nitrogens is 2. The lowest BCUT2D eigenvalue weighted by Crippen LogP contribution is -2.29. The highest BCUT2D eigenvalue weighted by molar-refractivity contribution is 5.99. The number of nitrogens with one attached hydrogen (secondary N) is 1. The van der Waals surface area contributed by atoms with E-state index in [1.807, 2.05) is 26.8 Å². The van der Waals surface area contributed by atoms with Gasteiger partial charge in [0.25, 0.3) is 11.8 Å². The largest absolute Gasteiger partial charge is 0.351 e. The van der Waals surface area contributed by atoms with Crippen LogP contribution in [0, 0.1) is 0 Å². The van der Waals surface area contributed by atoms with Crippen molar-refractivity contribution in [3.8, 4) is 11.5 Å². The molecule has 1 aromatic carbocycles. The van der Waals surface area contributed by atoms with E-state index >= 15 is 0 Å². The molecule has 0 bridgehead atoms. The van der Waals surface area contributed by atoms with Crippen LogP contribution >= 0.6 is 0 Å². The van der Waals surface area contributed by atoms with Crippen molar-refractivity contribution < 1.29 is 9.32 Å². The second kappa shape index (κ2) is 6.05. The van der Waals surface area contributed by atoms with Crippen molar-refractivity contribution in [2.45, 2.75) is 26.2 Å². The van der Waals surface area contributed by atoms with E-state index < -0.39 is 0 Å². The van der Waals surface area contributed by atoms with Crippen LogP contribution in [0.15, 0.2) is 28.8 Å². The second-order valence-electron chi connectivity index (χ2n) is 5.76. The van der Waals surface area contributed by atoms with E-state index in [9.17, 15) is 4.79 Å². The maximum absolute atomic E-state index is 12.1. The van der Waals surface area contributed by atoms with Crippen molar-refractivity contribution in [1.82, 2.24) is 15.5 Å². The number of amides is 1. The fraction of sp³-hybridized carbons (Fsp3) is 0.400. The Morgan fingerprint density at radius 3 is 2.67 bits per heavy atom. The van der Waals surface area contributed by atoms with Crippen LogP contribution < -0.4 is 11.1 Å². The molecule has 1 aromatic heterocycles. The Kier molecular flexibility index (Phi) is 4.37. The molecule has 0 radical (unpaired) electrons. The first-order valence-electron chi connectivity index (χ1n) is 6.85. The molecule has 0 aliphatic carbocycles. The topological polar surface area (TPSA) is 94.0 Å². The van der Waals surface area contributed by atoms with Gasteiger partial charge in [-0.05, 0) is 12.1 Å². The van der Waals surface area contributed by atoms with Crippen molar-refractivity contribution in [3.05, 3.63) is 35.7 Å². The highest BCUT2D eigenvalue weighted by Crippen LogP contribution is 2.25. The molecule has 0 unspecified atom stereocenters. The molecule has 0 saturated heterocycles. The lowest BCUT2D eigenvalue weighted by Gasteiger charge is -2.11. The predicted octanol–water partition coefficient (Wildman–Crippen LogP) is 1.72. The number of nitrogens with zero attached hydrogens (tertiary/aromatic N) is 2. The van der Waals surface area contributed by atoms with E-state index in [0.717, 1.165) is 0 Å². The first-order chi connectivity index (χ1) is 9.93. The number of hydrogen-bond donors (Lipinski definition) is 2. The van der Waals surface area contributed by atoms with Gasteiger partial charge < -0.3 is 15.6 Å². The SMILES string of the molecule is CC(C)(C)c1noc(-c2ccccc2C(=O)NCCN)n1. The minimum atomic E-state index is -0.210. The lowest BCUT2D eigenvalue weighted by atomic mass is 9.96. The summed E-state index contributed by atoms with van der Waals surface area (Å²) < 4.78 is 5.31. The van der Waals surface area contributed by atoms with Crippen LogP contribution in [0.5, 0.6) is 0 Å². The fourth-order valence-corrected chi connectivity index (χ4v) is 1.79. The molecule has 0 spiro atoms. The minimum Gasteiger partial charge on any atom is -0.351 e. The minimum absolute atomic E-state index is 0.202. The van der Waals surface area contributed by atoms with Crippen molar-refractivity contribution in [2.24, 2.45) is 5.73 Å². The van der Waals surface area contributed by atoms with Crippen molar-refractivity contribution in [1.29, 1.82) is 0 Å². The van der Waals surface area contributed by atoms with Gasteiger partial charge in [0, 0.05) is 18.5 Å². The van der Waals surface area contributed by atoms with E-state index in [4.69, 9.17) is 10.3 Å². The Morgan fingerprint density at radius 1 is 1.33 bits per heavy atom. The average Bonchev–Trinajstić information content (AvgIpc) is 2.94. The summed E-state index contributed by atoms with van der Waals surface area (Å²) in [5.41, 5.74) is 6.31. The Labute approximate surface area is 123 Å². The Hall–Kier alpha value is -2.21. The van der Waals surface area contributed by atoms with E-state index in [1.54, 1.807) is 18.2 Å². The normalized spacial score (nSPS) is 11.4. The molecule has 6 nitrogen and oxygen atoms in total. The van der Waals surface area contributed by atoms with Crippen LogP contribution in [0.1, 0.15) is 37.0 Å². The number of rotatable bonds is 4. The molecule has 3 N–H and O–H groups in total. The highest BCUT2D eigenvalue weighted by Gasteiger charge is 2.23. The Morgan fingerprint density at radius 2 is 2.05 bits per heavy atom. The first kappa shape index (κ1) is 15.2. The summed E-state index contributed by atoms with van der Waals surface area (Å²) in [5, 5.41) is 6.73. The molecule has 21 heavy (non-hydrogen) atoms. The maximum Gasteiger partial charge on any atom is 0.258 e. The summed E-state index contributed by atoms with van der Waals surface area (Å²) in [6.45, 7) is 6.82. The Bertz CT molecular complexity index is 629. The van der Waals surface area contributed by atoms with Gasteiger partial charge in [-0.15, -0.1) is 0 Å². The molecular formula is C15H20N4O2. The molecule has 0 aliphatic heterocycles. The molecular weight excluding hydrogens is 268 g/mol. The molecule has 0 atom stereocenters. The molecule has 1 heterocycles. The summed E-state index contributed by atoms with van der Waals surface area (Å²) in [4.78, 5) is 16.5. The van der Waals surface area contributed by atoms with Crippen LogP contribution in [-0.4, -0.2) is 29.1 Å². The van der Waals surface area contributed by atoms with Gasteiger partial charge in [-0.3, -0.25) is 4.79 Å². The van der Waals surface area contributed by atoms with E-state index in [-0.39, 0.29) is 11.3 Å². The molecule has 0 aliphatic rings. The molecule has 6 heteroatoms. The number of hydrogen-bond acceptors (Lipinski definition) is 5. The monoisotopic (exact) mass is 288 g/mol. The van der Waals surface area contributed by atoms with E-state index in [1.165, 1.54) is 0 Å². The van der Waals surface area contributed by atoms with E-state index in [2.05, 4.69) is 15.5 Å². The summed E-state index contributed by atoms with van der Waals surface area (Å²) in [5.74, 6) is 0.750. The van der Waals surface area contributed by atoms with Crippen LogP contribution in [-0.2, 0) is 5.41 Å². The van der Waals surface area contributed by atoms with Crippen molar-refractivity contribution in [2.75, 3.05) is 13.1 Å². The summed E-state index contributed by atoms with van der Waals surface area (Å²) in [6.07, 6.45) is 0. The molecule has 1 amide bonds. The molecule has 112 valence electrons. The van der Waals surface area contributed by atoms with Crippen LogP contribution in [0.2, 0.25) is 0 Å². The molecule has 2 aromatic rings. The molecule has 2 rings (SSSR count). The van der Waals surface area contributed by atoms with Crippen molar-refractivity contribution >= 4 is 5.91 Å². The number of nitrogens with two attached hydrogens (primary N) is 1. The van der Waals surface area contributed by atoms with Crippen LogP contribution in [0.3, 0.4) is 0 Å². The van der Waals surface area contributed by atoms with Gasteiger partial charge in [-0.25, -0.2) is 0 Å². The third kappa shape index (κ3) is 3.46. The molecule has 0 saturated carbocycles. The van der Waals surface area contributed by atoms with Gasteiger partial charge in [0.1, 0.15) is 0 Å². The number of carbonyl (C=O) groups is 1. The quantitative estimate of drug-likeness (QED) is 0.893. The smallest absolute Gasteiger partial charge is 0.258 e. The third-order valence-electron chi connectivity index (χ3n) is 2.93. The summed E-state index contributed by atoms with van der Waals surface area (Å²) >= 11 is 0. The van der Waals surface area contributed by atoms with Crippen molar-refractivity contribution in [3.63, 3.8) is 0 Å². The van der Waals surface area contributed by atoms with Crippen LogP contribution in [0.25, 0.3) is 11.5 Å². The molecule has 0 fully saturated rings. The standard InChI is InChI=1S/C15H20N4O2/c1-15(2,3)14-18-13(21-19-14)11-7-5-4-6-10(11)12(20)17-9-8-16/h4-7H,8-9,16H2,1-3H3,(H,17,20). The maximum atomic E-state index is 12.1.